The van der Waals surface area contributed by atoms with Gasteiger partial charge in [0.2, 0.25) is 5.91 Å². The van der Waals surface area contributed by atoms with Crippen LogP contribution < -0.4 is 5.32 Å². The molecule has 1 saturated heterocycles. The summed E-state index contributed by atoms with van der Waals surface area (Å²) in [7, 11) is 0. The van der Waals surface area contributed by atoms with Crippen molar-refractivity contribution in [2.45, 2.75) is 37.8 Å². The maximum Gasteiger partial charge on any atom is 0.254 e. The summed E-state index contributed by atoms with van der Waals surface area (Å²) in [5.74, 6) is 1.59. The number of aromatic amines is 1. The van der Waals surface area contributed by atoms with E-state index >= 15 is 0 Å². The van der Waals surface area contributed by atoms with Crippen molar-refractivity contribution in [2.75, 3.05) is 24.6 Å². The zero-order valence-corrected chi connectivity index (χ0v) is 21.8. The zero-order chi connectivity index (χ0) is 25.5. The number of aromatic nitrogens is 3. The Balaban J connectivity index is 1.39. The summed E-state index contributed by atoms with van der Waals surface area (Å²) in [5.41, 5.74) is 1.99. The number of thioether (sulfide) groups is 1. The molecule has 0 radical (unpaired) electrons. The molecule has 3 heterocycles. The molecular formula is C29H33N5O2S. The lowest BCUT2D eigenvalue weighted by Crippen LogP contribution is -2.62. The number of imidazole rings is 1. The molecule has 4 aromatic rings. The molecule has 37 heavy (non-hydrogen) atoms. The van der Waals surface area contributed by atoms with E-state index in [0.29, 0.717) is 37.9 Å². The number of carbonyl (C=O) groups is 2. The van der Waals surface area contributed by atoms with Gasteiger partial charge in [0.05, 0.1) is 6.33 Å². The van der Waals surface area contributed by atoms with Crippen LogP contribution in [0.1, 0.15) is 35.2 Å². The van der Waals surface area contributed by atoms with Crippen LogP contribution in [0.5, 0.6) is 0 Å². The Kier molecular flexibility index (Phi) is 7.94. The van der Waals surface area contributed by atoms with E-state index in [2.05, 4.69) is 27.4 Å². The number of hydrogen-bond acceptors (Lipinski definition) is 4. The fourth-order valence-electron chi connectivity index (χ4n) is 5.19. The lowest BCUT2D eigenvalue weighted by molar-refractivity contribution is -0.132. The third kappa shape index (κ3) is 5.59. The first-order valence-electron chi connectivity index (χ1n) is 12.9. The van der Waals surface area contributed by atoms with Crippen molar-refractivity contribution >= 4 is 34.5 Å². The number of fused-ring (bicyclic) bond motifs is 1. The number of nitrogens with one attached hydrogen (secondary N) is 2. The average Bonchev–Trinajstić information content (AvgIpc) is 3.62. The number of benzene rings is 2. The van der Waals surface area contributed by atoms with Crippen LogP contribution in [0.25, 0.3) is 10.9 Å². The topological polar surface area (TPSA) is 83.0 Å². The molecule has 2 aromatic carbocycles. The molecule has 1 fully saturated rings. The minimum atomic E-state index is -0.862. The second kappa shape index (κ2) is 11.7. The monoisotopic (exact) mass is 515 g/mol. The van der Waals surface area contributed by atoms with Gasteiger partial charge >= 0.3 is 0 Å². The molecule has 2 aromatic heterocycles. The van der Waals surface area contributed by atoms with Gasteiger partial charge in [0.15, 0.2) is 0 Å². The summed E-state index contributed by atoms with van der Waals surface area (Å²) in [6.07, 6.45) is 10.3. The van der Waals surface area contributed by atoms with Crippen LogP contribution in [0.4, 0.5) is 0 Å². The van der Waals surface area contributed by atoms with E-state index in [9.17, 15) is 9.59 Å². The van der Waals surface area contributed by atoms with Crippen molar-refractivity contribution in [3.05, 3.63) is 90.6 Å². The van der Waals surface area contributed by atoms with Crippen molar-refractivity contribution in [3.8, 4) is 0 Å². The largest absolute Gasteiger partial charge is 0.361 e. The average molecular weight is 516 g/mol. The van der Waals surface area contributed by atoms with Gasteiger partial charge in [0, 0.05) is 54.7 Å². The van der Waals surface area contributed by atoms with Crippen molar-refractivity contribution in [3.63, 3.8) is 0 Å². The van der Waals surface area contributed by atoms with Crippen LogP contribution >= 0.6 is 11.8 Å². The molecule has 2 N–H and O–H groups in total. The first-order valence-corrected chi connectivity index (χ1v) is 14.1. The zero-order valence-electron chi connectivity index (χ0n) is 20.9. The van der Waals surface area contributed by atoms with Gasteiger partial charge in [-0.05, 0) is 61.0 Å². The van der Waals surface area contributed by atoms with Crippen LogP contribution in [-0.4, -0.2) is 61.4 Å². The highest BCUT2D eigenvalue weighted by Gasteiger charge is 2.47. The second-order valence-electron chi connectivity index (χ2n) is 9.49. The van der Waals surface area contributed by atoms with Gasteiger partial charge in [-0.1, -0.05) is 36.4 Å². The number of carbonyl (C=O) groups excluding carboxylic acids is 2. The molecule has 0 spiro atoms. The fraction of sp³-hybridized carbons (Fsp3) is 0.345. The van der Waals surface area contributed by atoms with Crippen LogP contribution in [0.2, 0.25) is 0 Å². The Morgan fingerprint density at radius 3 is 2.65 bits per heavy atom. The standard InChI is InChI=1S/C29H33N5O2S/c35-27(23-7-2-1-3-8-23)34(17-11-24-21-32-26-10-5-4-9-25(24)26)29(12-19-37-20-13-29)28(36)31-14-6-16-33-18-15-30-22-33/h1-5,7-10,15,18,21-22,32H,6,11-14,16-17,19-20H2,(H,31,36). The lowest BCUT2D eigenvalue weighted by atomic mass is 9.87. The van der Waals surface area contributed by atoms with Crippen LogP contribution in [-0.2, 0) is 17.8 Å². The van der Waals surface area contributed by atoms with Gasteiger partial charge in [-0.3, -0.25) is 9.59 Å². The summed E-state index contributed by atoms with van der Waals surface area (Å²) in [6.45, 7) is 1.82. The van der Waals surface area contributed by atoms with Crippen molar-refractivity contribution in [1.82, 2.24) is 24.8 Å². The number of rotatable bonds is 10. The van der Waals surface area contributed by atoms with Crippen LogP contribution in [0, 0.1) is 0 Å². The number of H-pyrrole nitrogens is 1. The molecule has 0 saturated carbocycles. The van der Waals surface area contributed by atoms with Crippen molar-refractivity contribution in [1.29, 1.82) is 0 Å². The Bertz CT molecular complexity index is 1310. The molecule has 0 aliphatic carbocycles. The van der Waals surface area contributed by atoms with Gasteiger partial charge in [-0.15, -0.1) is 0 Å². The number of amides is 2. The number of aryl methyl sites for hydroxylation is 1. The number of hydrogen-bond donors (Lipinski definition) is 2. The Morgan fingerprint density at radius 2 is 1.86 bits per heavy atom. The minimum Gasteiger partial charge on any atom is -0.361 e. The van der Waals surface area contributed by atoms with Gasteiger partial charge in [-0.2, -0.15) is 11.8 Å². The predicted molar refractivity (Wildman–Crippen MR) is 149 cm³/mol. The summed E-state index contributed by atoms with van der Waals surface area (Å²) in [6, 6.07) is 17.6. The van der Waals surface area contributed by atoms with Gasteiger partial charge in [0.1, 0.15) is 5.54 Å². The molecule has 8 heteroatoms. The smallest absolute Gasteiger partial charge is 0.254 e. The molecular weight excluding hydrogens is 482 g/mol. The Labute approximate surface area is 221 Å². The van der Waals surface area contributed by atoms with Gasteiger partial charge in [0.25, 0.3) is 5.91 Å². The minimum absolute atomic E-state index is 0.0401. The van der Waals surface area contributed by atoms with Crippen molar-refractivity contribution in [2.24, 2.45) is 0 Å². The lowest BCUT2D eigenvalue weighted by Gasteiger charge is -2.45. The highest BCUT2D eigenvalue weighted by Crippen LogP contribution is 2.35. The Morgan fingerprint density at radius 1 is 1.08 bits per heavy atom. The molecule has 1 aliphatic heterocycles. The molecule has 192 valence electrons. The Hall–Kier alpha value is -3.52. The van der Waals surface area contributed by atoms with Gasteiger partial charge in [-0.25, -0.2) is 4.98 Å². The third-order valence-corrected chi connectivity index (χ3v) is 8.23. The molecule has 0 bridgehead atoms. The molecule has 0 unspecified atom stereocenters. The van der Waals surface area contributed by atoms with Crippen molar-refractivity contribution < 1.29 is 9.59 Å². The molecule has 1 aliphatic rings. The molecule has 0 atom stereocenters. The van der Waals surface area contributed by atoms with E-state index in [-0.39, 0.29) is 11.8 Å². The highest BCUT2D eigenvalue weighted by molar-refractivity contribution is 7.99. The van der Waals surface area contributed by atoms with Crippen LogP contribution in [0.15, 0.2) is 79.5 Å². The summed E-state index contributed by atoms with van der Waals surface area (Å²) in [4.78, 5) is 37.2. The number of para-hydroxylation sites is 1. The van der Waals surface area contributed by atoms with E-state index in [4.69, 9.17) is 0 Å². The first kappa shape index (κ1) is 25.1. The third-order valence-electron chi connectivity index (χ3n) is 7.24. The van der Waals surface area contributed by atoms with E-state index in [1.807, 2.05) is 76.1 Å². The quantitative estimate of drug-likeness (QED) is 0.304. The summed E-state index contributed by atoms with van der Waals surface area (Å²) >= 11 is 1.85. The maximum absolute atomic E-state index is 14.0. The fourth-order valence-corrected chi connectivity index (χ4v) is 6.36. The maximum atomic E-state index is 14.0. The van der Waals surface area contributed by atoms with E-state index < -0.39 is 5.54 Å². The second-order valence-corrected chi connectivity index (χ2v) is 10.7. The highest BCUT2D eigenvalue weighted by atomic mass is 32.2. The van der Waals surface area contributed by atoms with Gasteiger partial charge < -0.3 is 19.8 Å². The number of nitrogens with zero attached hydrogens (tertiary/aromatic N) is 3. The molecule has 7 nitrogen and oxygen atoms in total. The predicted octanol–water partition coefficient (Wildman–Crippen LogP) is 4.52. The molecule has 5 rings (SSSR count). The first-order chi connectivity index (χ1) is 18.2. The van der Waals surface area contributed by atoms with E-state index in [1.54, 1.807) is 12.5 Å². The normalized spacial score (nSPS) is 14.9. The van der Waals surface area contributed by atoms with Crippen LogP contribution in [0.3, 0.4) is 0 Å². The van der Waals surface area contributed by atoms with E-state index in [1.165, 1.54) is 0 Å². The SMILES string of the molecule is O=C(c1ccccc1)N(CCc1c[nH]c2ccccc12)C1(C(=O)NCCCn2ccnc2)CCSCC1. The summed E-state index contributed by atoms with van der Waals surface area (Å²) in [5, 5.41) is 4.34. The summed E-state index contributed by atoms with van der Waals surface area (Å²) < 4.78 is 2.01. The molecule has 2 amide bonds. The van der Waals surface area contributed by atoms with E-state index in [0.717, 1.165) is 40.9 Å².